The van der Waals surface area contributed by atoms with Gasteiger partial charge in [0.2, 0.25) is 6.79 Å². The zero-order valence-electron chi connectivity index (χ0n) is 21.2. The maximum atomic E-state index is 5.57. The molecule has 0 aliphatic carbocycles. The molecule has 0 bridgehead atoms. The molecule has 6 heteroatoms. The summed E-state index contributed by atoms with van der Waals surface area (Å²) in [6.07, 6.45) is 1.15. The highest BCUT2D eigenvalue weighted by molar-refractivity contribution is 5.76. The van der Waals surface area contributed by atoms with E-state index in [1.807, 2.05) is 6.07 Å². The molecule has 0 saturated carbocycles. The molecule has 0 amide bonds. The molecule has 4 aromatic rings. The van der Waals surface area contributed by atoms with Crippen molar-refractivity contribution in [2.75, 3.05) is 33.0 Å². The Morgan fingerprint density at radius 3 is 2.31 bits per heavy atom. The van der Waals surface area contributed by atoms with Gasteiger partial charge < -0.3 is 14.0 Å². The van der Waals surface area contributed by atoms with Gasteiger partial charge in [-0.1, -0.05) is 47.5 Å². The summed E-state index contributed by atoms with van der Waals surface area (Å²) in [7, 11) is 0. The Balaban J connectivity index is 1.17. The third-order valence-electron chi connectivity index (χ3n) is 7.25. The molecule has 186 valence electrons. The Morgan fingerprint density at radius 1 is 0.722 bits per heavy atom. The topological polar surface area (TPSA) is 42.8 Å². The van der Waals surface area contributed by atoms with Crippen LogP contribution in [0.1, 0.15) is 34.5 Å². The Labute approximate surface area is 213 Å². The van der Waals surface area contributed by atoms with Crippen molar-refractivity contribution in [3.63, 3.8) is 0 Å². The molecule has 1 aromatic heterocycles. The lowest BCUT2D eigenvalue weighted by atomic mass is 10.1. The molecule has 3 heterocycles. The molecule has 0 radical (unpaired) electrons. The predicted molar refractivity (Wildman–Crippen MR) is 142 cm³/mol. The van der Waals surface area contributed by atoms with E-state index in [2.05, 4.69) is 82.8 Å². The van der Waals surface area contributed by atoms with Crippen LogP contribution in [0.15, 0.2) is 60.7 Å². The molecular formula is C30H34N4O2. The first kappa shape index (κ1) is 23.1. The molecular weight excluding hydrogens is 448 g/mol. The number of aromatic nitrogens is 2. The summed E-state index contributed by atoms with van der Waals surface area (Å²) in [6.45, 7) is 11.6. The van der Waals surface area contributed by atoms with Crippen molar-refractivity contribution < 1.29 is 9.47 Å². The zero-order chi connectivity index (χ0) is 24.5. The first-order valence-electron chi connectivity index (χ1n) is 13.0. The Bertz CT molecular complexity index is 1360. The van der Waals surface area contributed by atoms with Gasteiger partial charge in [-0.15, -0.1) is 0 Å². The summed E-state index contributed by atoms with van der Waals surface area (Å²) in [5.74, 6) is 2.87. The molecule has 36 heavy (non-hydrogen) atoms. The average Bonchev–Trinajstić information content (AvgIpc) is 3.38. The maximum Gasteiger partial charge on any atom is 0.231 e. The summed E-state index contributed by atoms with van der Waals surface area (Å²) in [5.41, 5.74) is 7.53. The monoisotopic (exact) mass is 482 g/mol. The second kappa shape index (κ2) is 9.96. The number of hydrogen-bond acceptors (Lipinski definition) is 5. The number of rotatable bonds is 6. The number of nitrogens with zero attached hydrogens (tertiary/aromatic N) is 4. The second-order valence-electron chi connectivity index (χ2n) is 10.2. The second-order valence-corrected chi connectivity index (χ2v) is 10.2. The van der Waals surface area contributed by atoms with Crippen molar-refractivity contribution >= 4 is 11.0 Å². The quantitative estimate of drug-likeness (QED) is 0.381. The number of para-hydroxylation sites is 2. The lowest BCUT2D eigenvalue weighted by molar-refractivity contribution is 0.174. The lowest BCUT2D eigenvalue weighted by Crippen LogP contribution is -2.31. The highest BCUT2D eigenvalue weighted by Crippen LogP contribution is 2.33. The van der Waals surface area contributed by atoms with Crippen LogP contribution in [0.3, 0.4) is 0 Å². The van der Waals surface area contributed by atoms with E-state index in [4.69, 9.17) is 14.5 Å². The average molecular weight is 483 g/mol. The lowest BCUT2D eigenvalue weighted by Gasteiger charge is -2.22. The van der Waals surface area contributed by atoms with Crippen LogP contribution in [0.5, 0.6) is 11.5 Å². The van der Waals surface area contributed by atoms with Crippen molar-refractivity contribution in [1.29, 1.82) is 0 Å². The molecule has 0 atom stereocenters. The van der Waals surface area contributed by atoms with Gasteiger partial charge in [-0.05, 0) is 68.8 Å². The minimum Gasteiger partial charge on any atom is -0.454 e. The van der Waals surface area contributed by atoms with E-state index in [1.54, 1.807) is 0 Å². The molecule has 1 saturated heterocycles. The number of aryl methyl sites for hydroxylation is 2. The SMILES string of the molecule is Cc1cc(C)cc(Cn2c(CN3CCCN(Cc4ccc5c(c4)OCO5)CC3)nc3ccccc32)c1. The van der Waals surface area contributed by atoms with Crippen LogP contribution in [-0.4, -0.2) is 52.3 Å². The summed E-state index contributed by atoms with van der Waals surface area (Å²) in [4.78, 5) is 10.2. The summed E-state index contributed by atoms with van der Waals surface area (Å²) < 4.78 is 13.4. The maximum absolute atomic E-state index is 5.57. The van der Waals surface area contributed by atoms with Crippen LogP contribution >= 0.6 is 0 Å². The predicted octanol–water partition coefficient (Wildman–Crippen LogP) is 5.14. The summed E-state index contributed by atoms with van der Waals surface area (Å²) >= 11 is 0. The van der Waals surface area contributed by atoms with E-state index < -0.39 is 0 Å². The Hall–Kier alpha value is -3.35. The van der Waals surface area contributed by atoms with Crippen LogP contribution in [0.2, 0.25) is 0 Å². The van der Waals surface area contributed by atoms with Gasteiger partial charge in [-0.2, -0.15) is 0 Å². The van der Waals surface area contributed by atoms with Gasteiger partial charge in [0.05, 0.1) is 17.6 Å². The van der Waals surface area contributed by atoms with Crippen molar-refractivity contribution in [3.05, 3.63) is 88.7 Å². The molecule has 3 aromatic carbocycles. The van der Waals surface area contributed by atoms with Crippen LogP contribution in [0, 0.1) is 13.8 Å². The fraction of sp³-hybridized carbons (Fsp3) is 0.367. The van der Waals surface area contributed by atoms with E-state index in [-0.39, 0.29) is 0 Å². The molecule has 6 rings (SSSR count). The highest BCUT2D eigenvalue weighted by Gasteiger charge is 2.20. The molecule has 0 N–H and O–H groups in total. The zero-order valence-corrected chi connectivity index (χ0v) is 21.2. The minimum absolute atomic E-state index is 0.325. The summed E-state index contributed by atoms with van der Waals surface area (Å²) in [5, 5.41) is 0. The Kier molecular flexibility index (Phi) is 6.38. The van der Waals surface area contributed by atoms with Gasteiger partial charge >= 0.3 is 0 Å². The third-order valence-corrected chi connectivity index (χ3v) is 7.25. The van der Waals surface area contributed by atoms with E-state index in [9.17, 15) is 0 Å². The summed E-state index contributed by atoms with van der Waals surface area (Å²) in [6, 6.07) is 21.7. The van der Waals surface area contributed by atoms with Crippen molar-refractivity contribution in [2.45, 2.75) is 39.9 Å². The van der Waals surface area contributed by atoms with Gasteiger partial charge in [0.1, 0.15) is 5.82 Å². The molecule has 1 fully saturated rings. The first-order valence-corrected chi connectivity index (χ1v) is 13.0. The van der Waals surface area contributed by atoms with Gasteiger partial charge in [0.15, 0.2) is 11.5 Å². The molecule has 0 unspecified atom stereocenters. The Morgan fingerprint density at radius 2 is 1.47 bits per heavy atom. The van der Waals surface area contributed by atoms with Crippen LogP contribution < -0.4 is 9.47 Å². The number of hydrogen-bond donors (Lipinski definition) is 0. The van der Waals surface area contributed by atoms with E-state index in [0.29, 0.717) is 6.79 Å². The minimum atomic E-state index is 0.325. The molecule has 2 aliphatic rings. The fourth-order valence-electron chi connectivity index (χ4n) is 5.60. The molecule has 6 nitrogen and oxygen atoms in total. The van der Waals surface area contributed by atoms with E-state index in [0.717, 1.165) is 75.1 Å². The van der Waals surface area contributed by atoms with Crippen LogP contribution in [-0.2, 0) is 19.6 Å². The smallest absolute Gasteiger partial charge is 0.231 e. The third kappa shape index (κ3) is 4.97. The standard InChI is InChI=1S/C30H34N4O2/c1-22-14-23(2)16-25(15-22)19-34-27-7-4-3-6-26(27)31-30(34)20-33-11-5-10-32(12-13-33)18-24-8-9-28-29(17-24)36-21-35-28/h3-4,6-9,14-17H,5,10-13,18-21H2,1-2H3. The van der Waals surface area contributed by atoms with E-state index in [1.165, 1.54) is 27.8 Å². The highest BCUT2D eigenvalue weighted by atomic mass is 16.7. The van der Waals surface area contributed by atoms with Crippen LogP contribution in [0.25, 0.3) is 11.0 Å². The van der Waals surface area contributed by atoms with Gasteiger partial charge in [-0.3, -0.25) is 9.80 Å². The first-order chi connectivity index (χ1) is 17.6. The van der Waals surface area contributed by atoms with Crippen molar-refractivity contribution in [2.24, 2.45) is 0 Å². The van der Waals surface area contributed by atoms with E-state index >= 15 is 0 Å². The fourth-order valence-corrected chi connectivity index (χ4v) is 5.60. The number of ether oxygens (including phenoxy) is 2. The normalized spacial score (nSPS) is 16.5. The van der Waals surface area contributed by atoms with Crippen LogP contribution in [0.4, 0.5) is 0 Å². The largest absolute Gasteiger partial charge is 0.454 e. The molecule has 0 spiro atoms. The number of imidazole rings is 1. The molecule has 2 aliphatic heterocycles. The van der Waals surface area contributed by atoms with Gasteiger partial charge in [0.25, 0.3) is 0 Å². The number of fused-ring (bicyclic) bond motifs is 2. The van der Waals surface area contributed by atoms with Gasteiger partial charge in [0, 0.05) is 26.2 Å². The number of benzene rings is 3. The van der Waals surface area contributed by atoms with Gasteiger partial charge in [-0.25, -0.2) is 4.98 Å². The van der Waals surface area contributed by atoms with Crippen molar-refractivity contribution in [3.8, 4) is 11.5 Å². The van der Waals surface area contributed by atoms with Crippen molar-refractivity contribution in [1.82, 2.24) is 19.4 Å².